The number of pyridine rings is 1. The predicted molar refractivity (Wildman–Crippen MR) is 140 cm³/mol. The minimum Gasteiger partial charge on any atom is -0.489 e. The summed E-state index contributed by atoms with van der Waals surface area (Å²) in [5.74, 6) is 1.63. The third-order valence-corrected chi connectivity index (χ3v) is 6.10. The van der Waals surface area contributed by atoms with Gasteiger partial charge in [-0.2, -0.15) is 0 Å². The number of carbonyl (C=O) groups is 1. The first kappa shape index (κ1) is 24.4. The van der Waals surface area contributed by atoms with Gasteiger partial charge in [0, 0.05) is 38.1 Å². The van der Waals surface area contributed by atoms with Crippen molar-refractivity contribution in [2.45, 2.75) is 25.8 Å². The standard InChI is InChI=1S/C28H34N4O3/c1-3-34-28(33)21-24(22-10-5-4-6-11-22)30-23-13-14-25-26(20-23)35-19-18-32(25)17-9-16-31(2)27-12-7-8-15-29-27/h4-8,10-15,20,24,30H,3,9,16-19,21H2,1-2H3. The van der Waals surface area contributed by atoms with E-state index in [-0.39, 0.29) is 18.4 Å². The number of esters is 1. The lowest BCUT2D eigenvalue weighted by Crippen LogP contribution is -2.35. The van der Waals surface area contributed by atoms with Crippen LogP contribution in [0.3, 0.4) is 0 Å². The van der Waals surface area contributed by atoms with Crippen LogP contribution in [0.4, 0.5) is 17.2 Å². The molecule has 1 aliphatic rings. The van der Waals surface area contributed by atoms with Gasteiger partial charge >= 0.3 is 5.97 Å². The number of rotatable bonds is 11. The number of nitrogens with zero attached hydrogens (tertiary/aromatic N) is 3. The van der Waals surface area contributed by atoms with Crippen molar-refractivity contribution >= 4 is 23.2 Å². The van der Waals surface area contributed by atoms with E-state index < -0.39 is 0 Å². The van der Waals surface area contributed by atoms with E-state index >= 15 is 0 Å². The van der Waals surface area contributed by atoms with Gasteiger partial charge in [-0.05, 0) is 43.2 Å². The largest absolute Gasteiger partial charge is 0.489 e. The molecule has 1 atom stereocenters. The summed E-state index contributed by atoms with van der Waals surface area (Å²) in [5, 5.41) is 3.51. The zero-order chi connectivity index (χ0) is 24.5. The second-order valence-corrected chi connectivity index (χ2v) is 8.60. The predicted octanol–water partition coefficient (Wildman–Crippen LogP) is 4.91. The molecule has 1 aromatic heterocycles. The van der Waals surface area contributed by atoms with Crippen molar-refractivity contribution in [3.05, 3.63) is 78.5 Å². The number of benzene rings is 2. The van der Waals surface area contributed by atoms with Crippen LogP contribution in [-0.4, -0.2) is 50.8 Å². The van der Waals surface area contributed by atoms with Crippen LogP contribution in [0.15, 0.2) is 72.9 Å². The molecule has 0 saturated heterocycles. The number of hydrogen-bond acceptors (Lipinski definition) is 7. The molecule has 0 bridgehead atoms. The Balaban J connectivity index is 1.41. The monoisotopic (exact) mass is 474 g/mol. The highest BCUT2D eigenvalue weighted by Crippen LogP contribution is 2.35. The van der Waals surface area contributed by atoms with E-state index in [9.17, 15) is 4.79 Å². The first-order valence-corrected chi connectivity index (χ1v) is 12.2. The Labute approximate surface area is 207 Å². The number of aromatic nitrogens is 1. The normalized spacial score (nSPS) is 13.4. The second-order valence-electron chi connectivity index (χ2n) is 8.60. The van der Waals surface area contributed by atoms with Crippen molar-refractivity contribution in [3.8, 4) is 5.75 Å². The average Bonchev–Trinajstić information content (AvgIpc) is 2.89. The van der Waals surface area contributed by atoms with Gasteiger partial charge in [-0.25, -0.2) is 4.98 Å². The molecule has 1 unspecified atom stereocenters. The molecule has 0 spiro atoms. The summed E-state index contributed by atoms with van der Waals surface area (Å²) in [5.41, 5.74) is 3.06. The highest BCUT2D eigenvalue weighted by molar-refractivity contribution is 5.72. The molecule has 7 nitrogen and oxygen atoms in total. The summed E-state index contributed by atoms with van der Waals surface area (Å²) in [6, 6.07) is 22.0. The molecular formula is C28H34N4O3. The van der Waals surface area contributed by atoms with Crippen LogP contribution in [0.1, 0.15) is 31.4 Å². The maximum Gasteiger partial charge on any atom is 0.308 e. The number of nitrogens with one attached hydrogen (secondary N) is 1. The molecule has 0 amide bonds. The van der Waals surface area contributed by atoms with E-state index in [1.807, 2.05) is 67.7 Å². The van der Waals surface area contributed by atoms with Crippen molar-refractivity contribution in [1.29, 1.82) is 0 Å². The Kier molecular flexibility index (Phi) is 8.44. The van der Waals surface area contributed by atoms with Crippen LogP contribution in [-0.2, 0) is 9.53 Å². The molecular weight excluding hydrogens is 440 g/mol. The van der Waals surface area contributed by atoms with Gasteiger partial charge in [0.25, 0.3) is 0 Å². The van der Waals surface area contributed by atoms with Crippen molar-refractivity contribution < 1.29 is 14.3 Å². The maximum atomic E-state index is 12.2. The molecule has 4 rings (SSSR count). The topological polar surface area (TPSA) is 66.9 Å². The molecule has 184 valence electrons. The fraction of sp³-hybridized carbons (Fsp3) is 0.357. The molecule has 1 N–H and O–H groups in total. The van der Waals surface area contributed by atoms with Gasteiger partial charge in [0.05, 0.1) is 31.3 Å². The Morgan fingerprint density at radius 2 is 2.00 bits per heavy atom. The SMILES string of the molecule is CCOC(=O)CC(Nc1ccc2c(c1)OCCN2CCCN(C)c1ccccn1)c1ccccc1. The Hall–Kier alpha value is -3.74. The number of hydrogen-bond donors (Lipinski definition) is 1. The van der Waals surface area contributed by atoms with Crippen LogP contribution in [0.2, 0.25) is 0 Å². The minimum absolute atomic E-state index is 0.185. The lowest BCUT2D eigenvalue weighted by Gasteiger charge is -2.32. The first-order chi connectivity index (χ1) is 17.1. The van der Waals surface area contributed by atoms with E-state index in [1.54, 1.807) is 0 Å². The zero-order valence-electron chi connectivity index (χ0n) is 20.5. The van der Waals surface area contributed by atoms with Crippen LogP contribution in [0, 0.1) is 0 Å². The number of ether oxygens (including phenoxy) is 2. The minimum atomic E-state index is -0.218. The number of fused-ring (bicyclic) bond motifs is 1. The fourth-order valence-electron chi connectivity index (χ4n) is 4.32. The Morgan fingerprint density at radius 1 is 1.17 bits per heavy atom. The highest BCUT2D eigenvalue weighted by atomic mass is 16.5. The average molecular weight is 475 g/mol. The van der Waals surface area contributed by atoms with Crippen molar-refractivity contribution in [2.75, 3.05) is 55.0 Å². The van der Waals surface area contributed by atoms with Gasteiger partial charge < -0.3 is 24.6 Å². The van der Waals surface area contributed by atoms with Gasteiger partial charge in [-0.15, -0.1) is 0 Å². The zero-order valence-corrected chi connectivity index (χ0v) is 20.5. The first-order valence-electron chi connectivity index (χ1n) is 12.2. The molecule has 0 aliphatic carbocycles. The summed E-state index contributed by atoms with van der Waals surface area (Å²) in [4.78, 5) is 21.2. The third-order valence-electron chi connectivity index (χ3n) is 6.10. The van der Waals surface area contributed by atoms with Crippen LogP contribution < -0.4 is 19.9 Å². The third kappa shape index (κ3) is 6.66. The quantitative estimate of drug-likeness (QED) is 0.396. The van der Waals surface area contributed by atoms with E-state index in [0.717, 1.165) is 54.6 Å². The molecule has 0 saturated carbocycles. The fourth-order valence-corrected chi connectivity index (χ4v) is 4.32. The molecule has 1 aliphatic heterocycles. The summed E-state index contributed by atoms with van der Waals surface area (Å²) < 4.78 is 11.2. The molecule has 2 aromatic carbocycles. The van der Waals surface area contributed by atoms with Crippen molar-refractivity contribution in [1.82, 2.24) is 4.98 Å². The highest BCUT2D eigenvalue weighted by Gasteiger charge is 2.21. The second kappa shape index (κ2) is 12.1. The summed E-state index contributed by atoms with van der Waals surface area (Å²) >= 11 is 0. The van der Waals surface area contributed by atoms with E-state index in [4.69, 9.17) is 9.47 Å². The Bertz CT molecular complexity index is 1080. The van der Waals surface area contributed by atoms with Gasteiger partial charge in [0.15, 0.2) is 0 Å². The van der Waals surface area contributed by atoms with Gasteiger partial charge in [-0.3, -0.25) is 4.79 Å². The summed E-state index contributed by atoms with van der Waals surface area (Å²) in [6.07, 6.45) is 3.10. The smallest absolute Gasteiger partial charge is 0.308 e. The molecule has 3 aromatic rings. The molecule has 35 heavy (non-hydrogen) atoms. The van der Waals surface area contributed by atoms with E-state index in [0.29, 0.717) is 13.2 Å². The van der Waals surface area contributed by atoms with Gasteiger partial charge in [0.2, 0.25) is 0 Å². The van der Waals surface area contributed by atoms with E-state index in [2.05, 4.69) is 39.3 Å². The van der Waals surface area contributed by atoms with Gasteiger partial charge in [0.1, 0.15) is 18.2 Å². The van der Waals surface area contributed by atoms with Crippen LogP contribution in [0.5, 0.6) is 5.75 Å². The maximum absolute atomic E-state index is 12.2. The lowest BCUT2D eigenvalue weighted by atomic mass is 10.0. The number of anilines is 3. The molecule has 0 radical (unpaired) electrons. The van der Waals surface area contributed by atoms with Crippen molar-refractivity contribution in [2.24, 2.45) is 0 Å². The van der Waals surface area contributed by atoms with Crippen molar-refractivity contribution in [3.63, 3.8) is 0 Å². The Morgan fingerprint density at radius 3 is 2.77 bits per heavy atom. The lowest BCUT2D eigenvalue weighted by molar-refractivity contribution is -0.143. The number of carbonyl (C=O) groups excluding carboxylic acids is 1. The van der Waals surface area contributed by atoms with Crippen LogP contribution in [0.25, 0.3) is 0 Å². The van der Waals surface area contributed by atoms with E-state index in [1.165, 1.54) is 0 Å². The summed E-state index contributed by atoms with van der Waals surface area (Å²) in [6.45, 7) is 5.58. The molecule has 2 heterocycles. The summed E-state index contributed by atoms with van der Waals surface area (Å²) in [7, 11) is 2.08. The molecule has 7 heteroatoms. The van der Waals surface area contributed by atoms with Crippen LogP contribution >= 0.6 is 0 Å². The molecule has 0 fully saturated rings. The van der Waals surface area contributed by atoms with Gasteiger partial charge in [-0.1, -0.05) is 36.4 Å².